The topological polar surface area (TPSA) is 78.9 Å². The van der Waals surface area contributed by atoms with Crippen molar-refractivity contribution in [3.63, 3.8) is 0 Å². The Bertz CT molecular complexity index is 279. The van der Waals surface area contributed by atoms with Crippen molar-refractivity contribution in [3.8, 4) is 0 Å². The first-order chi connectivity index (χ1) is 6.83. The third-order valence-electron chi connectivity index (χ3n) is 1.50. The zero-order valence-corrected chi connectivity index (χ0v) is 9.61. The lowest BCUT2D eigenvalue weighted by molar-refractivity contribution is -0.777. The summed E-state index contributed by atoms with van der Waals surface area (Å²) in [6, 6.07) is 0. The maximum Gasteiger partial charge on any atom is 0.433 e. The van der Waals surface area contributed by atoms with Crippen LogP contribution in [0, 0.1) is 0 Å². The zero-order valence-electron chi connectivity index (χ0n) is 7.98. The molecule has 0 aromatic rings. The Morgan fingerprint density at radius 3 is 2.20 bits per heavy atom. The lowest BCUT2D eigenvalue weighted by atomic mass is 10.7. The summed E-state index contributed by atoms with van der Waals surface area (Å²) in [6.07, 6.45) is 0. The van der Waals surface area contributed by atoms with Crippen LogP contribution >= 0.6 is 12.0 Å². The maximum absolute atomic E-state index is 13.0. The molecule has 0 aromatic carbocycles. The van der Waals surface area contributed by atoms with E-state index in [1.807, 2.05) is 0 Å². The normalized spacial score (nSPS) is 13.5. The van der Waals surface area contributed by atoms with Gasteiger partial charge >= 0.3 is 4.59 Å². The second kappa shape index (κ2) is 5.92. The van der Waals surface area contributed by atoms with E-state index in [1.54, 1.807) is 0 Å². The number of nitrogens with zero attached hydrogens (tertiary/aromatic N) is 1. The number of halogens is 2. The molecule has 0 aliphatic rings. The molecule has 0 rings (SSSR count). The van der Waals surface area contributed by atoms with Crippen LogP contribution in [0.15, 0.2) is 0 Å². The summed E-state index contributed by atoms with van der Waals surface area (Å²) in [5, 5.41) is 12.0. The molecule has 0 aliphatic carbocycles. The summed E-state index contributed by atoms with van der Waals surface area (Å²) in [6.45, 7) is 2.61. The lowest BCUT2D eigenvalue weighted by Gasteiger charge is -2.23. The third kappa shape index (κ3) is 3.50. The average Bonchev–Trinajstić information content (AvgIpc) is 2.16. The van der Waals surface area contributed by atoms with Crippen LogP contribution in [0.5, 0.6) is 0 Å². The molecule has 0 saturated carbocycles. The van der Waals surface area contributed by atoms with E-state index in [0.29, 0.717) is 4.31 Å². The highest BCUT2D eigenvalue weighted by Crippen LogP contribution is 2.37. The van der Waals surface area contributed by atoms with Crippen LogP contribution in [0.1, 0.15) is 13.8 Å². The minimum absolute atomic E-state index is 0.104. The average molecular weight is 266 g/mol. The smallest absolute Gasteiger partial charge is 0.433 e. The summed E-state index contributed by atoms with van der Waals surface area (Å²) < 4.78 is 48.1. The van der Waals surface area contributed by atoms with Gasteiger partial charge < -0.3 is 5.26 Å². The molecule has 0 N–H and O–H groups in total. The molecule has 0 saturated heterocycles. The van der Waals surface area contributed by atoms with Gasteiger partial charge in [-0.1, -0.05) is 13.8 Å². The fraction of sp³-hybridized carbons (Fsp3) is 1.00. The van der Waals surface area contributed by atoms with E-state index in [4.69, 9.17) is 0 Å². The van der Waals surface area contributed by atoms with Crippen molar-refractivity contribution >= 4 is 22.1 Å². The zero-order chi connectivity index (χ0) is 12.1. The summed E-state index contributed by atoms with van der Waals surface area (Å²) >= 11 is -0.853. The minimum Gasteiger partial charge on any atom is -0.691 e. The van der Waals surface area contributed by atoms with Gasteiger partial charge in [0, 0.05) is 13.1 Å². The molecular formula is C5H10F2NO5S2-. The predicted octanol–water partition coefficient (Wildman–Crippen LogP) is 0.0800. The van der Waals surface area contributed by atoms with Crippen molar-refractivity contribution in [2.24, 2.45) is 0 Å². The van der Waals surface area contributed by atoms with E-state index in [1.165, 1.54) is 13.8 Å². The van der Waals surface area contributed by atoms with Gasteiger partial charge in [-0.2, -0.15) is 17.4 Å². The first-order valence-electron chi connectivity index (χ1n) is 3.85. The monoisotopic (exact) mass is 266 g/mol. The molecule has 10 heteroatoms. The summed E-state index contributed by atoms with van der Waals surface area (Å²) in [7, 11) is -4.85. The quantitative estimate of drug-likeness (QED) is 0.369. The molecule has 6 nitrogen and oxygen atoms in total. The van der Waals surface area contributed by atoms with Crippen molar-refractivity contribution in [2.45, 2.75) is 18.4 Å². The van der Waals surface area contributed by atoms with Gasteiger partial charge in [0.2, 0.25) is 0 Å². The highest BCUT2D eigenvalue weighted by Gasteiger charge is 2.50. The molecule has 0 bridgehead atoms. The number of sulfonamides is 1. The maximum atomic E-state index is 13.0. The van der Waals surface area contributed by atoms with Gasteiger partial charge in [-0.25, -0.2) is 8.42 Å². The predicted molar refractivity (Wildman–Crippen MR) is 46.5 cm³/mol. The van der Waals surface area contributed by atoms with Crippen molar-refractivity contribution in [1.82, 2.24) is 4.31 Å². The molecule has 0 aromatic heterocycles. The van der Waals surface area contributed by atoms with Gasteiger partial charge in [0.05, 0.1) is 0 Å². The van der Waals surface area contributed by atoms with Gasteiger partial charge in [-0.15, -0.1) is 0 Å². The van der Waals surface area contributed by atoms with Crippen LogP contribution < -0.4 is 5.26 Å². The fourth-order valence-corrected chi connectivity index (χ4v) is 2.64. The summed E-state index contributed by atoms with van der Waals surface area (Å²) in [5.74, 6) is 0. The Labute approximate surface area is 90.3 Å². The Morgan fingerprint density at radius 1 is 1.40 bits per heavy atom. The largest absolute Gasteiger partial charge is 0.691 e. The highest BCUT2D eigenvalue weighted by molar-refractivity contribution is 8.10. The van der Waals surface area contributed by atoms with Crippen LogP contribution in [0.25, 0.3) is 0 Å². The van der Waals surface area contributed by atoms with Crippen molar-refractivity contribution in [1.29, 1.82) is 0 Å². The van der Waals surface area contributed by atoms with Crippen molar-refractivity contribution < 1.29 is 31.8 Å². The number of rotatable bonds is 7. The van der Waals surface area contributed by atoms with Crippen LogP contribution in [-0.2, 0) is 19.4 Å². The Balaban J connectivity index is 4.83. The van der Waals surface area contributed by atoms with E-state index in [2.05, 4.69) is 9.37 Å². The molecule has 0 amide bonds. The molecule has 15 heavy (non-hydrogen) atoms. The van der Waals surface area contributed by atoms with Gasteiger partial charge in [0.1, 0.15) is 12.0 Å². The third-order valence-corrected chi connectivity index (χ3v) is 4.45. The van der Waals surface area contributed by atoms with E-state index in [-0.39, 0.29) is 13.1 Å². The van der Waals surface area contributed by atoms with E-state index in [0.717, 1.165) is 0 Å². The second-order valence-corrected chi connectivity index (χ2v) is 5.33. The van der Waals surface area contributed by atoms with Crippen LogP contribution in [-0.4, -0.2) is 30.4 Å². The van der Waals surface area contributed by atoms with E-state index < -0.39 is 26.7 Å². The van der Waals surface area contributed by atoms with Crippen LogP contribution in [0.2, 0.25) is 0 Å². The minimum atomic E-state index is -4.85. The molecule has 0 heterocycles. The fourth-order valence-electron chi connectivity index (χ4n) is 0.810. The Morgan fingerprint density at radius 2 is 1.87 bits per heavy atom. The van der Waals surface area contributed by atoms with Gasteiger partial charge in [-0.05, 0) is 0 Å². The van der Waals surface area contributed by atoms with Crippen molar-refractivity contribution in [2.75, 3.05) is 13.1 Å². The Hall–Kier alpha value is -0.0000000000000000694. The first-order valence-corrected chi connectivity index (χ1v) is 6.03. The molecule has 0 spiro atoms. The molecule has 0 radical (unpaired) electrons. The first kappa shape index (κ1) is 15.0. The van der Waals surface area contributed by atoms with Crippen molar-refractivity contribution in [3.05, 3.63) is 0 Å². The molecule has 0 atom stereocenters. The molecule has 0 fully saturated rings. The standard InChI is InChI=1S/C5H11F2NO5S2/c1-3-8(4-2)15(10,11)5(6,7)14-13-12-9/h9H,3-4H2,1-2H3/p-1. The van der Waals surface area contributed by atoms with Crippen LogP contribution in [0.3, 0.4) is 0 Å². The summed E-state index contributed by atoms with van der Waals surface area (Å²) in [4.78, 5) is 0. The Kier molecular flexibility index (Phi) is 5.92. The van der Waals surface area contributed by atoms with Crippen LogP contribution in [0.4, 0.5) is 8.78 Å². The lowest BCUT2D eigenvalue weighted by Crippen LogP contribution is -2.41. The van der Waals surface area contributed by atoms with Gasteiger partial charge in [0.15, 0.2) is 0 Å². The SMILES string of the molecule is CCN(CC)S(=O)(=O)C(F)(F)SOO[O-]. The van der Waals surface area contributed by atoms with E-state index >= 15 is 0 Å². The molecule has 0 unspecified atom stereocenters. The number of hydrogen-bond donors (Lipinski definition) is 0. The molecule has 92 valence electrons. The number of alkyl halides is 2. The second-order valence-electron chi connectivity index (χ2n) is 2.27. The van der Waals surface area contributed by atoms with Gasteiger partial charge in [0.25, 0.3) is 10.0 Å². The number of hydrogen-bond acceptors (Lipinski definition) is 6. The molecule has 0 aliphatic heterocycles. The molecular weight excluding hydrogens is 256 g/mol. The van der Waals surface area contributed by atoms with E-state index in [9.17, 15) is 22.5 Å². The summed E-state index contributed by atoms with van der Waals surface area (Å²) in [5.41, 5.74) is 0. The van der Waals surface area contributed by atoms with Gasteiger partial charge in [-0.3, -0.25) is 5.04 Å². The highest BCUT2D eigenvalue weighted by atomic mass is 32.3.